The minimum Gasteiger partial charge on any atom is -0.444 e. The molecule has 3 heterocycles. The fourth-order valence-corrected chi connectivity index (χ4v) is 2.97. The van der Waals surface area contributed by atoms with Crippen molar-refractivity contribution < 1.29 is 18.3 Å². The molecule has 0 saturated heterocycles. The van der Waals surface area contributed by atoms with Crippen LogP contribution in [-0.2, 0) is 18.3 Å². The first-order valence-electron chi connectivity index (χ1n) is 10.5. The van der Waals surface area contributed by atoms with E-state index in [4.69, 9.17) is 4.74 Å². The monoisotopic (exact) mass is 485 g/mol. The number of hydrogen-bond acceptors (Lipinski definition) is 6. The molecule has 0 fully saturated rings. The van der Waals surface area contributed by atoms with Crippen LogP contribution in [-0.4, -0.2) is 47.4 Å². The molecule has 1 N–H and O–H groups in total. The minimum atomic E-state index is -2.02. The predicted octanol–water partition coefficient (Wildman–Crippen LogP) is 2.55. The molecule has 184 valence electrons. The molecule has 3 aromatic heterocycles. The van der Waals surface area contributed by atoms with Gasteiger partial charge in [-0.1, -0.05) is 11.8 Å². The van der Waals surface area contributed by atoms with E-state index in [1.165, 1.54) is 12.5 Å². The summed E-state index contributed by atoms with van der Waals surface area (Å²) in [6.07, 6.45) is 3.26. The van der Waals surface area contributed by atoms with Crippen molar-refractivity contribution in [3.8, 4) is 17.7 Å². The molecule has 3 aromatic rings. The Labute approximate surface area is 200 Å². The van der Waals surface area contributed by atoms with Crippen molar-refractivity contribution >= 4 is 6.09 Å². The van der Waals surface area contributed by atoms with E-state index in [1.807, 2.05) is 0 Å². The van der Waals surface area contributed by atoms with Crippen LogP contribution in [0.3, 0.4) is 0 Å². The topological polar surface area (TPSA) is 109 Å². The van der Waals surface area contributed by atoms with Gasteiger partial charge in [0.2, 0.25) is 0 Å². The number of nitrogens with one attached hydrogen (secondary N) is 1. The second kappa shape index (κ2) is 10.3. The summed E-state index contributed by atoms with van der Waals surface area (Å²) in [6.45, 7) is 5.69. The van der Waals surface area contributed by atoms with Crippen LogP contribution >= 0.6 is 0 Å². The third kappa shape index (κ3) is 6.86. The van der Waals surface area contributed by atoms with Gasteiger partial charge in [-0.05, 0) is 39.3 Å². The molecular weight excluding hydrogens is 460 g/mol. The number of amides is 1. The fourth-order valence-electron chi connectivity index (χ4n) is 2.97. The molecule has 0 aliphatic heterocycles. The van der Waals surface area contributed by atoms with Crippen LogP contribution in [0.2, 0.25) is 0 Å². The zero-order valence-electron chi connectivity index (χ0n) is 20.0. The quantitative estimate of drug-likeness (QED) is 0.557. The summed E-state index contributed by atoms with van der Waals surface area (Å²) >= 11 is 0. The van der Waals surface area contributed by atoms with Crippen molar-refractivity contribution in [2.75, 3.05) is 6.54 Å². The van der Waals surface area contributed by atoms with Crippen molar-refractivity contribution in [2.24, 2.45) is 7.05 Å². The zero-order valence-corrected chi connectivity index (χ0v) is 20.0. The molecule has 0 bridgehead atoms. The summed E-state index contributed by atoms with van der Waals surface area (Å²) in [4.78, 5) is 28.9. The second-order valence-electron chi connectivity index (χ2n) is 8.68. The Hall–Kier alpha value is -4.27. The molecule has 0 aliphatic carbocycles. The highest BCUT2D eigenvalue weighted by Gasteiger charge is 2.19. The third-order valence-corrected chi connectivity index (χ3v) is 4.52. The maximum Gasteiger partial charge on any atom is 0.407 e. The standard InChI is InChI=1S/C23H25F2N7O3/c1-15-8-16(6-7-17-10-28-30(5)12-17)9-26-20(15)31-14-29-32(22(31)34)13-18(19(24)25)11-27-21(33)35-23(2,3)4/h8-10,12,14H,11,13H2,1-5H3,(H,27,33). The molecule has 35 heavy (non-hydrogen) atoms. The molecule has 0 saturated carbocycles. The first-order valence-corrected chi connectivity index (χ1v) is 10.5. The molecule has 3 rings (SSSR count). The smallest absolute Gasteiger partial charge is 0.407 e. The zero-order chi connectivity index (χ0) is 25.8. The van der Waals surface area contributed by atoms with Gasteiger partial charge < -0.3 is 10.1 Å². The number of aromatic nitrogens is 6. The first-order chi connectivity index (χ1) is 16.4. The SMILES string of the molecule is Cc1cc(C#Cc2cnn(C)c2)cnc1-n1cnn(CC(CNC(=O)OC(C)(C)C)=C(F)F)c1=O. The largest absolute Gasteiger partial charge is 0.444 e. The summed E-state index contributed by atoms with van der Waals surface area (Å²) < 4.78 is 35.6. The summed E-state index contributed by atoms with van der Waals surface area (Å²) in [7, 11) is 1.79. The van der Waals surface area contributed by atoms with Crippen molar-refractivity contribution in [3.63, 3.8) is 0 Å². The number of carbonyl (C=O) groups excluding carboxylic acids is 1. The first kappa shape index (κ1) is 25.4. The summed E-state index contributed by atoms with van der Waals surface area (Å²) in [5, 5.41) is 10.2. The molecule has 0 aromatic carbocycles. The molecule has 10 nitrogen and oxygen atoms in total. The predicted molar refractivity (Wildman–Crippen MR) is 123 cm³/mol. The maximum atomic E-state index is 13.4. The number of carbonyl (C=O) groups is 1. The Morgan fingerprint density at radius 2 is 1.89 bits per heavy atom. The number of hydrogen-bond donors (Lipinski definition) is 1. The molecule has 0 atom stereocenters. The van der Waals surface area contributed by atoms with Crippen LogP contribution in [0.15, 0.2) is 47.4 Å². The van der Waals surface area contributed by atoms with Gasteiger partial charge in [-0.3, -0.25) is 4.68 Å². The van der Waals surface area contributed by atoms with Gasteiger partial charge in [-0.2, -0.15) is 19.0 Å². The average Bonchev–Trinajstić information content (AvgIpc) is 3.33. The van der Waals surface area contributed by atoms with E-state index in [0.717, 1.165) is 14.8 Å². The lowest BCUT2D eigenvalue weighted by Crippen LogP contribution is -2.35. The minimum absolute atomic E-state index is 0.298. The normalized spacial score (nSPS) is 10.9. The number of alkyl carbamates (subject to hydrolysis) is 1. The van der Waals surface area contributed by atoms with Crippen LogP contribution in [0.5, 0.6) is 0 Å². The molecule has 0 spiro atoms. The Morgan fingerprint density at radius 1 is 1.17 bits per heavy atom. The lowest BCUT2D eigenvalue weighted by Gasteiger charge is -2.19. The molecule has 1 amide bonds. The van der Waals surface area contributed by atoms with Gasteiger partial charge in [0.15, 0.2) is 0 Å². The fraction of sp³-hybridized carbons (Fsp3) is 0.348. The number of pyridine rings is 1. The Bertz CT molecular complexity index is 1380. The van der Waals surface area contributed by atoms with E-state index in [2.05, 4.69) is 32.3 Å². The third-order valence-electron chi connectivity index (χ3n) is 4.52. The highest BCUT2D eigenvalue weighted by molar-refractivity contribution is 5.68. The van der Waals surface area contributed by atoms with Crippen LogP contribution in [0.4, 0.5) is 13.6 Å². The molecule has 0 radical (unpaired) electrons. The van der Waals surface area contributed by atoms with Gasteiger partial charge in [0.25, 0.3) is 6.08 Å². The second-order valence-corrected chi connectivity index (χ2v) is 8.68. The van der Waals surface area contributed by atoms with Crippen molar-refractivity contribution in [3.05, 3.63) is 69.8 Å². The lowest BCUT2D eigenvalue weighted by molar-refractivity contribution is 0.0531. The van der Waals surface area contributed by atoms with E-state index in [-0.39, 0.29) is 0 Å². The Balaban J connectivity index is 1.75. The van der Waals surface area contributed by atoms with E-state index in [0.29, 0.717) is 16.9 Å². The highest BCUT2D eigenvalue weighted by Crippen LogP contribution is 2.13. The van der Waals surface area contributed by atoms with Gasteiger partial charge in [-0.25, -0.2) is 23.8 Å². The van der Waals surface area contributed by atoms with Gasteiger partial charge >= 0.3 is 11.8 Å². The Kier molecular flexibility index (Phi) is 7.49. The summed E-state index contributed by atoms with van der Waals surface area (Å²) in [6, 6.07) is 1.76. The number of rotatable bonds is 5. The van der Waals surface area contributed by atoms with E-state index in [1.54, 1.807) is 57.9 Å². The molecule has 0 unspecified atom stereocenters. The van der Waals surface area contributed by atoms with Gasteiger partial charge in [0.1, 0.15) is 17.7 Å². The highest BCUT2D eigenvalue weighted by atomic mass is 19.3. The van der Waals surface area contributed by atoms with E-state index in [9.17, 15) is 18.4 Å². The summed E-state index contributed by atoms with van der Waals surface area (Å²) in [5.74, 6) is 6.25. The van der Waals surface area contributed by atoms with Crippen LogP contribution in [0.1, 0.15) is 37.5 Å². The maximum absolute atomic E-state index is 13.4. The summed E-state index contributed by atoms with van der Waals surface area (Å²) in [5.41, 5.74) is 0.108. The van der Waals surface area contributed by atoms with E-state index < -0.39 is 42.1 Å². The Morgan fingerprint density at radius 3 is 2.49 bits per heavy atom. The average molecular weight is 485 g/mol. The number of nitrogens with zero attached hydrogens (tertiary/aromatic N) is 6. The van der Waals surface area contributed by atoms with Gasteiger partial charge in [0, 0.05) is 37.1 Å². The van der Waals surface area contributed by atoms with Crippen LogP contribution in [0.25, 0.3) is 5.82 Å². The number of ether oxygens (including phenoxy) is 1. The van der Waals surface area contributed by atoms with Gasteiger partial charge in [-0.15, -0.1) is 0 Å². The van der Waals surface area contributed by atoms with Crippen molar-refractivity contribution in [2.45, 2.75) is 39.8 Å². The molecule has 0 aliphatic rings. The van der Waals surface area contributed by atoms with Crippen molar-refractivity contribution in [1.82, 2.24) is 34.4 Å². The van der Waals surface area contributed by atoms with Gasteiger partial charge in [0.05, 0.1) is 18.3 Å². The number of halogens is 2. The van der Waals surface area contributed by atoms with E-state index >= 15 is 0 Å². The lowest BCUT2D eigenvalue weighted by atomic mass is 10.2. The van der Waals surface area contributed by atoms with Crippen LogP contribution < -0.4 is 11.0 Å². The van der Waals surface area contributed by atoms with Crippen molar-refractivity contribution in [1.29, 1.82) is 0 Å². The molecular formula is C23H25F2N7O3. The number of aryl methyl sites for hydroxylation is 2. The van der Waals surface area contributed by atoms with Crippen LogP contribution in [0, 0.1) is 18.8 Å². The molecule has 12 heteroatoms.